The summed E-state index contributed by atoms with van der Waals surface area (Å²) in [5, 5.41) is 19.7. The topological polar surface area (TPSA) is 87.7 Å². The van der Waals surface area contributed by atoms with E-state index in [0.717, 1.165) is 54.9 Å². The predicted molar refractivity (Wildman–Crippen MR) is 82.9 cm³/mol. The van der Waals surface area contributed by atoms with Crippen molar-refractivity contribution in [2.75, 3.05) is 0 Å². The molecule has 1 aromatic carbocycles. The monoisotopic (exact) mass is 326 g/mol. The first kappa shape index (κ1) is 18.0. The summed E-state index contributed by atoms with van der Waals surface area (Å²) in [6.07, 6.45) is 5.13. The smallest absolute Gasteiger partial charge is 1.00 e. The predicted octanol–water partition coefficient (Wildman–Crippen LogP) is 0.145. The molecule has 1 aliphatic rings. The van der Waals surface area contributed by atoms with Crippen LogP contribution in [0, 0.1) is 0 Å². The number of carboxylic acids is 1. The van der Waals surface area contributed by atoms with E-state index >= 15 is 0 Å². The molecule has 1 aromatic heterocycles. The Labute approximate surface area is 157 Å². The van der Waals surface area contributed by atoms with Crippen LogP contribution in [-0.2, 0) is 19.3 Å². The Morgan fingerprint density at radius 1 is 1.30 bits per heavy atom. The molecule has 0 amide bonds. The van der Waals surface area contributed by atoms with Crippen molar-refractivity contribution in [2.24, 2.45) is 0 Å². The van der Waals surface area contributed by atoms with Crippen LogP contribution in [0.15, 0.2) is 15.3 Å². The molecule has 1 heterocycles. The third kappa shape index (κ3) is 3.05. The zero-order chi connectivity index (χ0) is 15.9. The quantitative estimate of drug-likeness (QED) is 0.784. The number of phenolic OH excluding ortho intramolecular Hbond substituents is 1. The summed E-state index contributed by atoms with van der Waals surface area (Å²) < 4.78 is 5.48. The van der Waals surface area contributed by atoms with Gasteiger partial charge in [-0.1, -0.05) is 13.3 Å². The Hall–Kier alpha value is -1.30. The molecule has 0 saturated carbocycles. The number of fused-ring (bicyclic) bond motifs is 2. The van der Waals surface area contributed by atoms with Crippen LogP contribution < -0.4 is 35.0 Å². The summed E-state index contributed by atoms with van der Waals surface area (Å²) in [6.45, 7) is 2.02. The Bertz CT molecular complexity index is 828. The first-order chi connectivity index (χ1) is 10.5. The van der Waals surface area contributed by atoms with Crippen LogP contribution >= 0.6 is 0 Å². The number of carboxylic acid groups (broad SMARTS) is 1. The maximum absolute atomic E-state index is 12.3. The molecule has 2 aromatic rings. The molecule has 0 spiro atoms. The van der Waals surface area contributed by atoms with Crippen molar-refractivity contribution in [3.8, 4) is 5.75 Å². The van der Waals surface area contributed by atoms with E-state index < -0.39 is 11.4 Å². The number of benzene rings is 1. The second-order valence-electron chi connectivity index (χ2n) is 5.73. The number of rotatable bonds is 3. The first-order valence-corrected chi connectivity index (χ1v) is 7.61. The second-order valence-corrected chi connectivity index (χ2v) is 5.73. The molecule has 5 nitrogen and oxygen atoms in total. The van der Waals surface area contributed by atoms with Crippen molar-refractivity contribution >= 4 is 16.9 Å². The fourth-order valence-corrected chi connectivity index (χ4v) is 3.34. The molecule has 0 fully saturated rings. The molecule has 2 N–H and O–H groups in total. The standard InChI is InChI=1S/C17H18O5.Na.H/c1-2-5-11-9-6-3-4-7-10(9)15(19)14-12(18)8-13(17(20)21)22-16(11)14;;/h8,19H,2-7H2,1H3,(H,20,21);;/q;+1;-1. The van der Waals surface area contributed by atoms with E-state index in [0.29, 0.717) is 6.42 Å². The number of phenols is 1. The van der Waals surface area contributed by atoms with E-state index in [-0.39, 0.29) is 53.5 Å². The van der Waals surface area contributed by atoms with Gasteiger partial charge in [-0.2, -0.15) is 0 Å². The summed E-state index contributed by atoms with van der Waals surface area (Å²) in [6, 6.07) is 0.940. The SMILES string of the molecule is CCCc1c2c(c(O)c3c(=O)cc(C(=O)O)oc13)CCCC2.[H-].[Na+]. The Morgan fingerprint density at radius 2 is 1.96 bits per heavy atom. The third-order valence-corrected chi connectivity index (χ3v) is 4.29. The van der Waals surface area contributed by atoms with Gasteiger partial charge in [-0.3, -0.25) is 4.79 Å². The van der Waals surface area contributed by atoms with Crippen LogP contribution in [0.3, 0.4) is 0 Å². The van der Waals surface area contributed by atoms with E-state index in [1.807, 2.05) is 6.92 Å². The van der Waals surface area contributed by atoms with Gasteiger partial charge >= 0.3 is 35.5 Å². The normalized spacial score (nSPS) is 13.4. The van der Waals surface area contributed by atoms with Crippen molar-refractivity contribution in [2.45, 2.75) is 45.4 Å². The largest absolute Gasteiger partial charge is 1.00 e. The number of carbonyl (C=O) groups is 1. The van der Waals surface area contributed by atoms with E-state index in [9.17, 15) is 14.7 Å². The van der Waals surface area contributed by atoms with E-state index in [4.69, 9.17) is 9.52 Å². The van der Waals surface area contributed by atoms with Crippen molar-refractivity contribution < 1.29 is 50.4 Å². The molecule has 0 saturated heterocycles. The molecule has 3 rings (SSSR count). The summed E-state index contributed by atoms with van der Waals surface area (Å²) >= 11 is 0. The van der Waals surface area contributed by atoms with Crippen LogP contribution in [0.1, 0.15) is 54.9 Å². The molecule has 0 bridgehead atoms. The molecule has 0 aliphatic heterocycles. The summed E-state index contributed by atoms with van der Waals surface area (Å²) in [4.78, 5) is 23.4. The number of aromatic carboxylic acids is 1. The summed E-state index contributed by atoms with van der Waals surface area (Å²) in [7, 11) is 0. The van der Waals surface area contributed by atoms with E-state index in [1.165, 1.54) is 0 Å². The van der Waals surface area contributed by atoms with E-state index in [1.54, 1.807) is 0 Å². The zero-order valence-corrected chi connectivity index (χ0v) is 15.4. The van der Waals surface area contributed by atoms with Gasteiger partial charge in [0.25, 0.3) is 0 Å². The maximum atomic E-state index is 12.3. The van der Waals surface area contributed by atoms with Gasteiger partial charge in [-0.15, -0.1) is 0 Å². The molecule has 118 valence electrons. The van der Waals surface area contributed by atoms with Gasteiger partial charge in [0.1, 0.15) is 16.7 Å². The van der Waals surface area contributed by atoms with Gasteiger partial charge in [0.05, 0.1) is 0 Å². The molecule has 0 unspecified atom stereocenters. The average molecular weight is 326 g/mol. The maximum Gasteiger partial charge on any atom is 1.00 e. The van der Waals surface area contributed by atoms with Crippen molar-refractivity contribution in [3.63, 3.8) is 0 Å². The van der Waals surface area contributed by atoms with Crippen LogP contribution in [0.2, 0.25) is 0 Å². The van der Waals surface area contributed by atoms with Crippen molar-refractivity contribution in [1.82, 2.24) is 0 Å². The Morgan fingerprint density at radius 3 is 2.57 bits per heavy atom. The van der Waals surface area contributed by atoms with Gasteiger partial charge in [0, 0.05) is 6.07 Å². The van der Waals surface area contributed by atoms with Gasteiger partial charge < -0.3 is 16.1 Å². The molecule has 0 radical (unpaired) electrons. The summed E-state index contributed by atoms with van der Waals surface area (Å²) in [5.74, 6) is -1.70. The minimum Gasteiger partial charge on any atom is -1.00 e. The van der Waals surface area contributed by atoms with Crippen molar-refractivity contribution in [3.05, 3.63) is 38.7 Å². The van der Waals surface area contributed by atoms with Gasteiger partial charge in [0.15, 0.2) is 5.43 Å². The number of hydrogen-bond acceptors (Lipinski definition) is 4. The molecule has 23 heavy (non-hydrogen) atoms. The van der Waals surface area contributed by atoms with Crippen LogP contribution in [0.25, 0.3) is 11.0 Å². The van der Waals surface area contributed by atoms with Crippen molar-refractivity contribution in [1.29, 1.82) is 0 Å². The minimum atomic E-state index is -1.28. The van der Waals surface area contributed by atoms with Gasteiger partial charge in [-0.05, 0) is 48.8 Å². The zero-order valence-electron chi connectivity index (χ0n) is 14.4. The number of hydrogen-bond donors (Lipinski definition) is 2. The third-order valence-electron chi connectivity index (χ3n) is 4.29. The van der Waals surface area contributed by atoms with Crippen LogP contribution in [0.4, 0.5) is 0 Å². The fraction of sp³-hybridized carbons (Fsp3) is 0.412. The second kappa shape index (κ2) is 7.07. The minimum absolute atomic E-state index is 0. The molecule has 6 heteroatoms. The number of aryl methyl sites for hydroxylation is 1. The average Bonchev–Trinajstić information content (AvgIpc) is 2.50. The van der Waals surface area contributed by atoms with Gasteiger partial charge in [0.2, 0.25) is 5.76 Å². The molecular formula is C17H19NaO5. The Balaban J connectivity index is 0.00000144. The fourth-order valence-electron chi connectivity index (χ4n) is 3.34. The van der Waals surface area contributed by atoms with Crippen LogP contribution in [0.5, 0.6) is 5.75 Å². The molecule has 1 aliphatic carbocycles. The Kier molecular flexibility index (Phi) is 5.55. The summed E-state index contributed by atoms with van der Waals surface area (Å²) in [5.41, 5.74) is 2.48. The van der Waals surface area contributed by atoms with E-state index in [2.05, 4.69) is 0 Å². The first-order valence-electron chi connectivity index (χ1n) is 7.61. The molecular weight excluding hydrogens is 307 g/mol. The van der Waals surface area contributed by atoms with Crippen LogP contribution in [-0.4, -0.2) is 16.2 Å². The number of aromatic hydroxyl groups is 1. The molecule has 0 atom stereocenters. The van der Waals surface area contributed by atoms with Gasteiger partial charge in [-0.25, -0.2) is 4.79 Å².